The predicted molar refractivity (Wildman–Crippen MR) is 519 cm³/mol. The number of pyridine rings is 4. The van der Waals surface area contributed by atoms with Crippen molar-refractivity contribution < 1.29 is 23.8 Å². The van der Waals surface area contributed by atoms with E-state index in [1.165, 1.54) is 43.3 Å². The van der Waals surface area contributed by atoms with Crippen LogP contribution in [0, 0.1) is 41.5 Å². The highest BCUT2D eigenvalue weighted by molar-refractivity contribution is 9.10. The number of H-pyrrole nitrogens is 6. The minimum absolute atomic E-state index is 0.0812. The molecule has 0 aliphatic heterocycles. The molecule has 0 unspecified atom stereocenters. The number of aromatic amines is 6. The van der Waals surface area contributed by atoms with Crippen molar-refractivity contribution in [2.24, 2.45) is 0 Å². The quantitative estimate of drug-likeness (QED) is 0.0222. The monoisotopic (exact) mass is 1790 g/mol. The van der Waals surface area contributed by atoms with Crippen LogP contribution in [0.3, 0.4) is 0 Å². The summed E-state index contributed by atoms with van der Waals surface area (Å²) in [7, 11) is 3.86. The second-order valence-electron chi connectivity index (χ2n) is 32.1. The topological polar surface area (TPSA) is 317 Å². The maximum atomic E-state index is 13.3. The van der Waals surface area contributed by atoms with Crippen LogP contribution >= 0.6 is 27.3 Å². The molecule has 16 rings (SSSR count). The smallest absolute Gasteiger partial charge is 0.261 e. The summed E-state index contributed by atoms with van der Waals surface area (Å²) < 4.78 is 18.1. The zero-order valence-electron chi connectivity index (χ0n) is 74.0. The van der Waals surface area contributed by atoms with E-state index in [1.54, 1.807) is 6.20 Å². The summed E-state index contributed by atoms with van der Waals surface area (Å²) in [5.41, 5.74) is 19.0. The minimum atomic E-state index is -0.447. The summed E-state index contributed by atoms with van der Waals surface area (Å²) in [5, 5.41) is 20.1. The number of halogens is 1. The van der Waals surface area contributed by atoms with Gasteiger partial charge in [0.1, 0.15) is 41.0 Å². The molecule has 1 aliphatic rings. The number of benzene rings is 8. The summed E-state index contributed by atoms with van der Waals surface area (Å²) in [6.07, 6.45) is 16.6. The van der Waals surface area contributed by atoms with Crippen molar-refractivity contribution in [2.45, 2.75) is 139 Å². The second kappa shape index (κ2) is 43.8. The average Bonchev–Trinajstić information content (AvgIpc) is 1.07. The number of aromatic nitrogens is 11. The van der Waals surface area contributed by atoms with Gasteiger partial charge in [-0.25, -0.2) is 15.0 Å². The lowest BCUT2D eigenvalue weighted by Crippen LogP contribution is -2.26. The van der Waals surface area contributed by atoms with Gasteiger partial charge in [-0.2, -0.15) is 10.2 Å². The Hall–Kier alpha value is -13.9. The Kier molecular flexibility index (Phi) is 31.4. The van der Waals surface area contributed by atoms with Crippen LogP contribution in [0.1, 0.15) is 157 Å². The van der Waals surface area contributed by atoms with Crippen molar-refractivity contribution in [3.8, 4) is 118 Å². The summed E-state index contributed by atoms with van der Waals surface area (Å²) in [4.78, 5) is 107. The van der Waals surface area contributed by atoms with Crippen molar-refractivity contribution >= 4 is 55.6 Å². The van der Waals surface area contributed by atoms with Crippen LogP contribution in [-0.2, 0) is 0 Å². The van der Waals surface area contributed by atoms with Gasteiger partial charge in [0.15, 0.2) is 16.8 Å². The Bertz CT molecular complexity index is 6290. The molecule has 1 aliphatic carbocycles. The van der Waals surface area contributed by atoms with E-state index in [0.717, 1.165) is 172 Å². The molecule has 0 bridgehead atoms. The maximum Gasteiger partial charge on any atom is 0.261 e. The van der Waals surface area contributed by atoms with E-state index in [1.807, 2.05) is 267 Å². The molecule has 25 heteroatoms. The van der Waals surface area contributed by atoms with Gasteiger partial charge in [0.25, 0.3) is 34.1 Å². The summed E-state index contributed by atoms with van der Waals surface area (Å²) in [5.74, 6) is 2.77. The van der Waals surface area contributed by atoms with E-state index in [9.17, 15) is 28.8 Å². The molecule has 8 aromatic carbocycles. The van der Waals surface area contributed by atoms with E-state index < -0.39 is 17.4 Å². The molecule has 656 valence electrons. The summed E-state index contributed by atoms with van der Waals surface area (Å²) in [6.45, 7) is 20.5. The number of nitrogens with zero attached hydrogens (tertiary/aromatic N) is 6. The predicted octanol–water partition coefficient (Wildman–Crippen LogP) is 23.0. The SMILES string of the molecule is CCCCOc1ccc(-c2[nH]c(=O)c(-c3ncn[nH]3)c(-c3ccc(C)cc3)c2Br)cc1.CCCCOc1ccc(-c2[nH]c(=O)c(-c3ncn[nH]3)c(-c3ccc(C)cc3)c2C)cc1.CCCCOc1ccc(-c2cc(-c3ccc(C)cc3)c(C(=O)Nc3ccc(C)cc3)c(=O)[nH]2)cc1.Cc1ccc(NC(=O)c2c(-c3cnc(N(C)C)s3)cc(C3CCCCC3)[nH]c2=O)cc1. The number of thiazole rings is 1. The number of nitrogens with one attached hydrogen (secondary N) is 8. The highest BCUT2D eigenvalue weighted by Gasteiger charge is 2.28. The van der Waals surface area contributed by atoms with E-state index >= 15 is 0 Å². The first-order chi connectivity index (χ1) is 62.0. The largest absolute Gasteiger partial charge is 0.494 e. The fourth-order valence-corrected chi connectivity index (χ4v) is 16.5. The molecular weight excluding hydrogens is 1690 g/mol. The third kappa shape index (κ3) is 23.2. The number of anilines is 3. The van der Waals surface area contributed by atoms with E-state index in [0.29, 0.717) is 82.4 Å². The van der Waals surface area contributed by atoms with Crippen LogP contribution in [-0.4, -0.2) is 101 Å². The number of aryl methyl sites for hydroxylation is 5. The molecule has 7 heterocycles. The van der Waals surface area contributed by atoms with Crippen molar-refractivity contribution in [1.82, 2.24) is 55.3 Å². The van der Waals surface area contributed by atoms with Crippen LogP contribution in [0.15, 0.2) is 249 Å². The number of amides is 2. The summed E-state index contributed by atoms with van der Waals surface area (Å²) >= 11 is 5.23. The van der Waals surface area contributed by atoms with E-state index in [-0.39, 0.29) is 27.8 Å². The molecule has 0 atom stereocenters. The molecule has 0 spiro atoms. The molecule has 2 amide bonds. The number of hydrogen-bond acceptors (Lipinski definition) is 16. The molecule has 1 saturated carbocycles. The molecule has 15 aromatic rings. The lowest BCUT2D eigenvalue weighted by Gasteiger charge is -2.22. The third-order valence-electron chi connectivity index (χ3n) is 22.1. The van der Waals surface area contributed by atoms with Gasteiger partial charge in [0, 0.05) is 65.3 Å². The molecule has 8 N–H and O–H groups in total. The van der Waals surface area contributed by atoms with Crippen LogP contribution in [0.4, 0.5) is 16.5 Å². The first-order valence-electron chi connectivity index (χ1n) is 43.3. The van der Waals surface area contributed by atoms with E-state index in [2.05, 4.69) is 103 Å². The van der Waals surface area contributed by atoms with Crippen molar-refractivity contribution in [3.05, 3.63) is 321 Å². The molecule has 0 radical (unpaired) electrons. The molecule has 23 nitrogen and oxygen atoms in total. The highest BCUT2D eigenvalue weighted by Crippen LogP contribution is 2.42. The van der Waals surface area contributed by atoms with Crippen LogP contribution in [0.25, 0.3) is 100 Å². The molecule has 0 saturated heterocycles. The fraction of sp³-hybridized carbons (Fsp3) is 0.252. The Balaban J connectivity index is 0.000000146. The standard InChI is InChI=1S/C30H30N2O3.C25H26N4O2.C24H23BrN4O2.C24H28N4O2S/c1-4-5-18-35-25-16-12-23(13-17-25)27-19-26(22-10-6-20(2)7-11-22)28(30(34)32-27)29(33)31-24-14-8-21(3)9-15-24;1-4-5-14-31-20-12-10-19(11-13-20)23-17(3)21(18-8-6-16(2)7-9-18)22(25(30)28-23)24-26-15-27-29-24;1-3-4-13-31-18-11-9-17(10-12-18)22-21(25)19(16-7-5-15(2)6-8-16)20(24(30)28-22)23-26-14-27-29-23;1-15-9-11-17(12-10-15)26-22(29)21-18(20-14-25-24(31-20)28(2)3)13-19(27-23(21)30)16-7-5-4-6-8-16/h6-17,19H,4-5,18H2,1-3H3,(H,31,33)(H,32,34);6-13,15H,4-5,14H2,1-3H3,(H,28,30)(H,26,27,29);5-12,14H,3-4,13H2,1-2H3,(H,28,30)(H,26,27,29);9-14,16H,4-8H2,1-3H3,(H,26,29)(H,27,30). The van der Waals surface area contributed by atoms with Gasteiger partial charge >= 0.3 is 0 Å². The van der Waals surface area contributed by atoms with Gasteiger partial charge in [-0.15, -0.1) is 0 Å². The fourth-order valence-electron chi connectivity index (χ4n) is 14.9. The number of rotatable bonds is 27. The second-order valence-corrected chi connectivity index (χ2v) is 33.9. The zero-order chi connectivity index (χ0) is 90.3. The van der Waals surface area contributed by atoms with Crippen LogP contribution in [0.5, 0.6) is 17.2 Å². The molecule has 1 fully saturated rings. The highest BCUT2D eigenvalue weighted by atomic mass is 79.9. The molecule has 128 heavy (non-hydrogen) atoms. The lowest BCUT2D eigenvalue weighted by molar-refractivity contribution is 0.101. The molecular formula is C103H107BrN14O9S. The first-order valence-corrected chi connectivity index (χ1v) is 44.9. The number of ether oxygens (including phenoxy) is 3. The number of carbonyl (C=O) groups is 2. The number of unbranched alkanes of at least 4 members (excludes halogenated alkanes) is 3. The summed E-state index contributed by atoms with van der Waals surface area (Å²) in [6, 6.07) is 66.1. The zero-order valence-corrected chi connectivity index (χ0v) is 76.4. The van der Waals surface area contributed by atoms with Crippen molar-refractivity contribution in [3.63, 3.8) is 0 Å². The average molecular weight is 1800 g/mol. The van der Waals surface area contributed by atoms with Gasteiger partial charge in [-0.1, -0.05) is 196 Å². The third-order valence-corrected chi connectivity index (χ3v) is 24.1. The Morgan fingerprint density at radius 2 is 0.836 bits per heavy atom. The minimum Gasteiger partial charge on any atom is -0.494 e. The Labute approximate surface area is 756 Å². The van der Waals surface area contributed by atoms with Gasteiger partial charge in [0.2, 0.25) is 0 Å². The number of hydrogen-bond donors (Lipinski definition) is 8. The van der Waals surface area contributed by atoms with Crippen molar-refractivity contribution in [2.75, 3.05) is 49.4 Å². The van der Waals surface area contributed by atoms with Crippen LogP contribution in [0.2, 0.25) is 0 Å². The normalized spacial score (nSPS) is 11.7. The number of carbonyl (C=O) groups excluding carboxylic acids is 2. The van der Waals surface area contributed by atoms with Gasteiger partial charge in [-0.05, 0) is 244 Å². The van der Waals surface area contributed by atoms with Crippen molar-refractivity contribution in [1.29, 1.82) is 0 Å². The molecule has 7 aromatic heterocycles. The van der Waals surface area contributed by atoms with Gasteiger partial charge in [0.05, 0.1) is 51.7 Å². The maximum absolute atomic E-state index is 13.3. The van der Waals surface area contributed by atoms with Crippen LogP contribution < -0.4 is 52.0 Å². The van der Waals surface area contributed by atoms with Gasteiger partial charge < -0.3 is 49.7 Å². The lowest BCUT2D eigenvalue weighted by atomic mass is 9.86. The Morgan fingerprint density at radius 1 is 0.438 bits per heavy atom. The van der Waals surface area contributed by atoms with Gasteiger partial charge in [-0.3, -0.25) is 39.0 Å². The van der Waals surface area contributed by atoms with E-state index in [4.69, 9.17) is 14.2 Å². The first kappa shape index (κ1) is 91.8. The Morgan fingerprint density at radius 3 is 1.27 bits per heavy atom.